The largest absolute Gasteiger partial charge is 0.478 e. The lowest BCUT2D eigenvalue weighted by atomic mass is 9.92. The second-order valence-electron chi connectivity index (χ2n) is 4.40. The lowest BCUT2D eigenvalue weighted by Crippen LogP contribution is -2.45. The van der Waals surface area contributed by atoms with Crippen LogP contribution in [-0.4, -0.2) is 31.1 Å². The molecule has 1 atom stereocenters. The van der Waals surface area contributed by atoms with Gasteiger partial charge in [0.15, 0.2) is 5.90 Å². The number of aliphatic imine (C=N–C) groups is 1. The van der Waals surface area contributed by atoms with E-state index in [9.17, 15) is 0 Å². The average Bonchev–Trinajstić information content (AvgIpc) is 2.51. The number of rotatable bonds is 1. The summed E-state index contributed by atoms with van der Waals surface area (Å²) in [6, 6.07) is 0. The molecule has 3 nitrogen and oxygen atoms in total. The van der Waals surface area contributed by atoms with Crippen LogP contribution in [0.25, 0.3) is 0 Å². The highest BCUT2D eigenvalue weighted by atomic mass is 16.5. The van der Waals surface area contributed by atoms with Crippen LogP contribution in [0.4, 0.5) is 0 Å². The third-order valence-electron chi connectivity index (χ3n) is 2.78. The molecule has 0 aromatic heterocycles. The number of hydrogen-bond donors (Lipinski definition) is 1. The van der Waals surface area contributed by atoms with Crippen molar-refractivity contribution in [3.05, 3.63) is 0 Å². The van der Waals surface area contributed by atoms with E-state index in [-0.39, 0.29) is 5.54 Å². The van der Waals surface area contributed by atoms with Crippen LogP contribution in [0, 0.1) is 5.92 Å². The van der Waals surface area contributed by atoms with Crippen LogP contribution in [0.2, 0.25) is 0 Å². The predicted molar refractivity (Wildman–Crippen MR) is 53.1 cm³/mol. The molecule has 0 aliphatic carbocycles. The van der Waals surface area contributed by atoms with E-state index in [1.165, 1.54) is 12.8 Å². The Balaban J connectivity index is 2.08. The molecule has 2 aliphatic rings. The summed E-state index contributed by atoms with van der Waals surface area (Å²) in [7, 11) is 0. The van der Waals surface area contributed by atoms with Crippen LogP contribution < -0.4 is 5.32 Å². The summed E-state index contributed by atoms with van der Waals surface area (Å²) in [5.74, 6) is 1.38. The van der Waals surface area contributed by atoms with Crippen LogP contribution in [0.3, 0.4) is 0 Å². The molecule has 0 bridgehead atoms. The maximum absolute atomic E-state index is 5.62. The van der Waals surface area contributed by atoms with Crippen molar-refractivity contribution in [2.75, 3.05) is 19.7 Å². The molecule has 0 aromatic carbocycles. The Kier molecular flexibility index (Phi) is 2.28. The van der Waals surface area contributed by atoms with Gasteiger partial charge in [0.1, 0.15) is 12.1 Å². The summed E-state index contributed by atoms with van der Waals surface area (Å²) in [6.45, 7) is 7.17. The number of nitrogens with zero attached hydrogens (tertiary/aromatic N) is 1. The fourth-order valence-corrected chi connectivity index (χ4v) is 1.97. The van der Waals surface area contributed by atoms with Crippen LogP contribution in [-0.2, 0) is 4.74 Å². The summed E-state index contributed by atoms with van der Waals surface area (Å²) in [6.07, 6.45) is 2.40. The summed E-state index contributed by atoms with van der Waals surface area (Å²) in [4.78, 5) is 4.71. The molecule has 2 rings (SSSR count). The molecule has 0 aromatic rings. The minimum atomic E-state index is 0.0812. The Morgan fingerprint density at radius 2 is 2.38 bits per heavy atom. The highest BCUT2D eigenvalue weighted by Crippen LogP contribution is 2.27. The first-order valence-electron chi connectivity index (χ1n) is 5.15. The first-order valence-corrected chi connectivity index (χ1v) is 5.15. The third kappa shape index (κ3) is 1.70. The van der Waals surface area contributed by atoms with Gasteiger partial charge in [0.2, 0.25) is 0 Å². The van der Waals surface area contributed by atoms with Crippen molar-refractivity contribution in [1.29, 1.82) is 0 Å². The van der Waals surface area contributed by atoms with E-state index in [0.717, 1.165) is 25.6 Å². The fourth-order valence-electron chi connectivity index (χ4n) is 1.97. The molecule has 1 fully saturated rings. The molecule has 2 aliphatic heterocycles. The standard InChI is InChI=1S/C10H18N2O/c1-8(2)9-12-10(7-13-9)4-3-5-11-6-10/h8,11H,3-7H2,1-2H3. The summed E-state index contributed by atoms with van der Waals surface area (Å²) >= 11 is 0. The Labute approximate surface area is 79.6 Å². The Morgan fingerprint density at radius 3 is 2.92 bits per heavy atom. The first-order chi connectivity index (χ1) is 6.22. The molecule has 0 amide bonds. The van der Waals surface area contributed by atoms with Gasteiger partial charge < -0.3 is 10.1 Å². The molecule has 74 valence electrons. The number of piperidine rings is 1. The molecular weight excluding hydrogens is 164 g/mol. The highest BCUT2D eigenvalue weighted by Gasteiger charge is 2.38. The van der Waals surface area contributed by atoms with Gasteiger partial charge in [0.25, 0.3) is 0 Å². The van der Waals surface area contributed by atoms with E-state index in [1.54, 1.807) is 0 Å². The zero-order valence-electron chi connectivity index (χ0n) is 8.47. The molecule has 0 saturated carbocycles. The quantitative estimate of drug-likeness (QED) is 0.661. The average molecular weight is 182 g/mol. The van der Waals surface area contributed by atoms with Crippen molar-refractivity contribution in [3.63, 3.8) is 0 Å². The van der Waals surface area contributed by atoms with E-state index < -0.39 is 0 Å². The molecule has 1 saturated heterocycles. The van der Waals surface area contributed by atoms with Gasteiger partial charge in [-0.3, -0.25) is 0 Å². The van der Waals surface area contributed by atoms with Gasteiger partial charge in [-0.05, 0) is 19.4 Å². The second kappa shape index (κ2) is 3.29. The third-order valence-corrected chi connectivity index (χ3v) is 2.78. The normalized spacial score (nSPS) is 33.6. The molecule has 0 radical (unpaired) electrons. The van der Waals surface area contributed by atoms with Gasteiger partial charge in [0, 0.05) is 12.5 Å². The maximum Gasteiger partial charge on any atom is 0.186 e. The van der Waals surface area contributed by atoms with Crippen LogP contribution >= 0.6 is 0 Å². The van der Waals surface area contributed by atoms with E-state index in [1.807, 2.05) is 0 Å². The molecule has 2 heterocycles. The molecule has 3 heteroatoms. The minimum Gasteiger partial charge on any atom is -0.478 e. The number of hydrogen-bond acceptors (Lipinski definition) is 3. The SMILES string of the molecule is CC(C)C1=NC2(CCCNC2)CO1. The second-order valence-corrected chi connectivity index (χ2v) is 4.40. The molecule has 1 unspecified atom stereocenters. The van der Waals surface area contributed by atoms with Crippen molar-refractivity contribution < 1.29 is 4.74 Å². The zero-order valence-corrected chi connectivity index (χ0v) is 8.47. The van der Waals surface area contributed by atoms with Crippen LogP contribution in [0.5, 0.6) is 0 Å². The molecular formula is C10H18N2O. The number of nitrogens with one attached hydrogen (secondary N) is 1. The van der Waals surface area contributed by atoms with E-state index in [0.29, 0.717) is 5.92 Å². The maximum atomic E-state index is 5.62. The minimum absolute atomic E-state index is 0.0812. The summed E-state index contributed by atoms with van der Waals surface area (Å²) in [5, 5.41) is 3.39. The summed E-state index contributed by atoms with van der Waals surface area (Å²) < 4.78 is 5.62. The Bertz CT molecular complexity index is 217. The van der Waals surface area contributed by atoms with Crippen LogP contribution in [0.1, 0.15) is 26.7 Å². The number of ether oxygens (including phenoxy) is 1. The predicted octanol–water partition coefficient (Wildman–Crippen LogP) is 1.19. The first kappa shape index (κ1) is 9.00. The zero-order chi connectivity index (χ0) is 9.31. The summed E-state index contributed by atoms with van der Waals surface area (Å²) in [5.41, 5.74) is 0.0812. The molecule has 1 spiro atoms. The highest BCUT2D eigenvalue weighted by molar-refractivity contribution is 5.80. The van der Waals surface area contributed by atoms with Crippen molar-refractivity contribution in [3.8, 4) is 0 Å². The van der Waals surface area contributed by atoms with Crippen molar-refractivity contribution in [2.24, 2.45) is 10.9 Å². The monoisotopic (exact) mass is 182 g/mol. The van der Waals surface area contributed by atoms with Crippen LogP contribution in [0.15, 0.2) is 4.99 Å². The van der Waals surface area contributed by atoms with Gasteiger partial charge in [-0.2, -0.15) is 0 Å². The lowest BCUT2D eigenvalue weighted by molar-refractivity contribution is 0.213. The van der Waals surface area contributed by atoms with Gasteiger partial charge in [-0.15, -0.1) is 0 Å². The molecule has 13 heavy (non-hydrogen) atoms. The van der Waals surface area contributed by atoms with Crippen molar-refractivity contribution in [2.45, 2.75) is 32.2 Å². The smallest absolute Gasteiger partial charge is 0.186 e. The molecule has 1 N–H and O–H groups in total. The lowest BCUT2D eigenvalue weighted by Gasteiger charge is -2.28. The van der Waals surface area contributed by atoms with Gasteiger partial charge in [0.05, 0.1) is 0 Å². The van der Waals surface area contributed by atoms with Gasteiger partial charge in [-0.25, -0.2) is 4.99 Å². The fraction of sp³-hybridized carbons (Fsp3) is 0.900. The van der Waals surface area contributed by atoms with Gasteiger partial charge in [-0.1, -0.05) is 13.8 Å². The Morgan fingerprint density at radius 1 is 1.54 bits per heavy atom. The van der Waals surface area contributed by atoms with E-state index >= 15 is 0 Å². The van der Waals surface area contributed by atoms with Crippen molar-refractivity contribution in [1.82, 2.24) is 5.32 Å². The van der Waals surface area contributed by atoms with E-state index in [2.05, 4.69) is 19.2 Å². The topological polar surface area (TPSA) is 33.6 Å². The van der Waals surface area contributed by atoms with E-state index in [4.69, 9.17) is 9.73 Å². The Hall–Kier alpha value is -0.570. The van der Waals surface area contributed by atoms with Crippen molar-refractivity contribution >= 4 is 5.90 Å². The van der Waals surface area contributed by atoms with Gasteiger partial charge >= 0.3 is 0 Å².